The molecule has 27 heavy (non-hydrogen) atoms. The van der Waals surface area contributed by atoms with E-state index in [0.29, 0.717) is 5.52 Å². The van der Waals surface area contributed by atoms with E-state index < -0.39 is 17.2 Å². The van der Waals surface area contributed by atoms with E-state index in [1.807, 2.05) is 24.3 Å². The van der Waals surface area contributed by atoms with Crippen molar-refractivity contribution in [3.8, 4) is 5.69 Å². The molecule has 1 aromatic heterocycles. The molecule has 1 saturated heterocycles. The minimum Gasteiger partial charge on any atom is -0.477 e. The Morgan fingerprint density at radius 1 is 1.07 bits per heavy atom. The van der Waals surface area contributed by atoms with Gasteiger partial charge in [-0.05, 0) is 61.8 Å². The van der Waals surface area contributed by atoms with Gasteiger partial charge in [-0.2, -0.15) is 0 Å². The number of nitrogens with zero attached hydrogens (tertiary/aromatic N) is 2. The summed E-state index contributed by atoms with van der Waals surface area (Å²) >= 11 is 0. The number of aromatic nitrogens is 1. The molecule has 0 amide bonds. The van der Waals surface area contributed by atoms with E-state index in [-0.39, 0.29) is 10.9 Å². The summed E-state index contributed by atoms with van der Waals surface area (Å²) in [6.45, 7) is 3.11. The lowest BCUT2D eigenvalue weighted by molar-refractivity contribution is 0.0695. The maximum atomic E-state index is 13.6. The van der Waals surface area contributed by atoms with Crippen molar-refractivity contribution in [2.24, 2.45) is 0 Å². The van der Waals surface area contributed by atoms with Crippen molar-refractivity contribution in [3.05, 3.63) is 75.8 Å². The zero-order valence-corrected chi connectivity index (χ0v) is 14.7. The molecular weight excluding hydrogens is 347 g/mol. The largest absolute Gasteiger partial charge is 0.477 e. The van der Waals surface area contributed by atoms with Crippen LogP contribution in [0, 0.1) is 5.82 Å². The summed E-state index contributed by atoms with van der Waals surface area (Å²) in [5.41, 5.74) is 1.31. The third kappa shape index (κ3) is 3.36. The number of rotatable bonds is 4. The van der Waals surface area contributed by atoms with Crippen LogP contribution in [0.1, 0.15) is 28.8 Å². The third-order valence-electron chi connectivity index (χ3n) is 5.02. The monoisotopic (exact) mass is 366 g/mol. The van der Waals surface area contributed by atoms with Gasteiger partial charge in [0.15, 0.2) is 0 Å². The molecule has 3 aromatic rings. The molecule has 0 saturated carbocycles. The maximum Gasteiger partial charge on any atom is 0.341 e. The predicted octanol–water partition coefficient (Wildman–Crippen LogP) is 3.42. The maximum absolute atomic E-state index is 13.6. The highest BCUT2D eigenvalue weighted by Gasteiger charge is 2.16. The van der Waals surface area contributed by atoms with Crippen molar-refractivity contribution in [3.63, 3.8) is 0 Å². The predicted molar refractivity (Wildman–Crippen MR) is 101 cm³/mol. The van der Waals surface area contributed by atoms with E-state index in [2.05, 4.69) is 4.90 Å². The first kappa shape index (κ1) is 17.4. The number of halogens is 1. The number of likely N-dealkylation sites (tertiary alicyclic amines) is 1. The lowest BCUT2D eigenvalue weighted by Crippen LogP contribution is -2.19. The highest BCUT2D eigenvalue weighted by Crippen LogP contribution is 2.20. The molecule has 4 rings (SSSR count). The second kappa shape index (κ2) is 6.96. The molecule has 1 fully saturated rings. The highest BCUT2D eigenvalue weighted by molar-refractivity contribution is 5.93. The SMILES string of the molecule is O=C(O)c1cn(-c2ccc(CN3CCCC3)cc2)c2ccc(F)cc2c1=O. The summed E-state index contributed by atoms with van der Waals surface area (Å²) < 4.78 is 15.3. The van der Waals surface area contributed by atoms with Crippen LogP contribution in [0.25, 0.3) is 16.6 Å². The van der Waals surface area contributed by atoms with Crippen LogP contribution < -0.4 is 5.43 Å². The summed E-state index contributed by atoms with van der Waals surface area (Å²) in [6.07, 6.45) is 3.77. The van der Waals surface area contributed by atoms with Crippen LogP contribution in [0.3, 0.4) is 0 Å². The van der Waals surface area contributed by atoms with E-state index in [4.69, 9.17) is 0 Å². The van der Waals surface area contributed by atoms with Gasteiger partial charge in [-0.3, -0.25) is 9.69 Å². The second-order valence-electron chi connectivity index (χ2n) is 6.86. The molecule has 0 unspecified atom stereocenters. The van der Waals surface area contributed by atoms with Crippen molar-refractivity contribution in [1.29, 1.82) is 0 Å². The first-order valence-electron chi connectivity index (χ1n) is 8.93. The van der Waals surface area contributed by atoms with E-state index >= 15 is 0 Å². The lowest BCUT2D eigenvalue weighted by atomic mass is 10.1. The van der Waals surface area contributed by atoms with Crippen molar-refractivity contribution in [2.45, 2.75) is 19.4 Å². The normalized spacial score (nSPS) is 14.7. The molecule has 1 N–H and O–H groups in total. The molecule has 6 heteroatoms. The Hall–Kier alpha value is -2.99. The standard InChI is InChI=1S/C21H19FN2O3/c22-15-5-8-19-17(11-15)20(25)18(21(26)27)13-24(19)16-6-3-14(4-7-16)12-23-9-1-2-10-23/h3-8,11,13H,1-2,9-10,12H2,(H,26,27). The number of pyridine rings is 1. The van der Waals surface area contributed by atoms with Gasteiger partial charge >= 0.3 is 5.97 Å². The fourth-order valence-electron chi connectivity index (χ4n) is 3.63. The molecule has 0 bridgehead atoms. The molecule has 2 heterocycles. The van der Waals surface area contributed by atoms with E-state index in [1.54, 1.807) is 4.57 Å². The summed E-state index contributed by atoms with van der Waals surface area (Å²) in [6, 6.07) is 11.6. The Kier molecular flexibility index (Phi) is 4.49. The van der Waals surface area contributed by atoms with Gasteiger partial charge in [-0.1, -0.05) is 12.1 Å². The van der Waals surface area contributed by atoms with Crippen molar-refractivity contribution < 1.29 is 14.3 Å². The van der Waals surface area contributed by atoms with Gasteiger partial charge in [0, 0.05) is 23.8 Å². The van der Waals surface area contributed by atoms with Crippen LogP contribution >= 0.6 is 0 Å². The van der Waals surface area contributed by atoms with Crippen LogP contribution in [0.5, 0.6) is 0 Å². The third-order valence-corrected chi connectivity index (χ3v) is 5.02. The number of carboxylic acids is 1. The van der Waals surface area contributed by atoms with Gasteiger partial charge < -0.3 is 9.67 Å². The zero-order chi connectivity index (χ0) is 19.0. The van der Waals surface area contributed by atoms with Crippen LogP contribution in [-0.2, 0) is 6.54 Å². The first-order chi connectivity index (χ1) is 13.0. The molecule has 0 radical (unpaired) electrons. The minimum atomic E-state index is -1.33. The number of fused-ring (bicyclic) bond motifs is 1. The van der Waals surface area contributed by atoms with Gasteiger partial charge in [0.2, 0.25) is 5.43 Å². The average Bonchev–Trinajstić information content (AvgIpc) is 3.16. The van der Waals surface area contributed by atoms with Gasteiger partial charge in [-0.25, -0.2) is 9.18 Å². The van der Waals surface area contributed by atoms with Gasteiger partial charge in [0.25, 0.3) is 0 Å². The van der Waals surface area contributed by atoms with E-state index in [0.717, 1.165) is 31.4 Å². The molecular formula is C21H19FN2O3. The van der Waals surface area contributed by atoms with Crippen LogP contribution in [0.4, 0.5) is 4.39 Å². The number of carboxylic acid groups (broad SMARTS) is 1. The molecule has 1 aliphatic heterocycles. The zero-order valence-electron chi connectivity index (χ0n) is 14.7. The van der Waals surface area contributed by atoms with Gasteiger partial charge in [-0.15, -0.1) is 0 Å². The Balaban J connectivity index is 1.79. The topological polar surface area (TPSA) is 62.5 Å². The van der Waals surface area contributed by atoms with E-state index in [9.17, 15) is 19.1 Å². The number of aromatic carboxylic acids is 1. The molecule has 1 aliphatic rings. The molecule has 5 nitrogen and oxygen atoms in total. The molecule has 2 aromatic carbocycles. The minimum absolute atomic E-state index is 0.0519. The summed E-state index contributed by atoms with van der Waals surface area (Å²) in [5, 5.41) is 9.41. The Bertz CT molecular complexity index is 1070. The quantitative estimate of drug-likeness (QED) is 0.769. The Morgan fingerprint density at radius 2 is 1.78 bits per heavy atom. The number of carbonyl (C=O) groups is 1. The van der Waals surface area contributed by atoms with Gasteiger partial charge in [0.1, 0.15) is 11.4 Å². The van der Waals surface area contributed by atoms with Crippen LogP contribution in [0.2, 0.25) is 0 Å². The smallest absolute Gasteiger partial charge is 0.341 e. The summed E-state index contributed by atoms with van der Waals surface area (Å²) in [5.74, 6) is -1.90. The van der Waals surface area contributed by atoms with Crippen molar-refractivity contribution in [2.75, 3.05) is 13.1 Å². The highest BCUT2D eigenvalue weighted by atomic mass is 19.1. The van der Waals surface area contributed by atoms with Crippen molar-refractivity contribution >= 4 is 16.9 Å². The van der Waals surface area contributed by atoms with Crippen molar-refractivity contribution in [1.82, 2.24) is 9.47 Å². The van der Waals surface area contributed by atoms with Crippen LogP contribution in [-0.4, -0.2) is 33.6 Å². The molecule has 138 valence electrons. The van der Waals surface area contributed by atoms with Crippen LogP contribution in [0.15, 0.2) is 53.5 Å². The lowest BCUT2D eigenvalue weighted by Gasteiger charge is -2.16. The fourth-order valence-corrected chi connectivity index (χ4v) is 3.63. The summed E-state index contributed by atoms with van der Waals surface area (Å²) in [7, 11) is 0. The average molecular weight is 366 g/mol. The fraction of sp³-hybridized carbons (Fsp3) is 0.238. The first-order valence-corrected chi connectivity index (χ1v) is 8.93. The molecule has 0 aliphatic carbocycles. The number of hydrogen-bond acceptors (Lipinski definition) is 3. The van der Waals surface area contributed by atoms with Gasteiger partial charge in [0.05, 0.1) is 5.52 Å². The molecule has 0 spiro atoms. The Labute approximate surface area is 155 Å². The number of hydrogen-bond donors (Lipinski definition) is 1. The molecule has 0 atom stereocenters. The summed E-state index contributed by atoms with van der Waals surface area (Å²) in [4.78, 5) is 26.3. The second-order valence-corrected chi connectivity index (χ2v) is 6.86. The Morgan fingerprint density at radius 3 is 2.44 bits per heavy atom. The number of benzene rings is 2. The van der Waals surface area contributed by atoms with E-state index in [1.165, 1.54) is 36.7 Å².